The molecule has 0 fully saturated rings. The predicted octanol–water partition coefficient (Wildman–Crippen LogP) is 3.56. The van der Waals surface area contributed by atoms with Crippen molar-refractivity contribution in [1.29, 1.82) is 0 Å². The summed E-state index contributed by atoms with van der Waals surface area (Å²) in [4.78, 5) is 29.8. The monoisotopic (exact) mass is 338 g/mol. The smallest absolute Gasteiger partial charge is 0.269 e. The second-order valence-corrected chi connectivity index (χ2v) is 6.24. The highest BCUT2D eigenvalue weighted by Crippen LogP contribution is 2.17. The Morgan fingerprint density at radius 3 is 2.15 bits per heavy atom. The van der Waals surface area contributed by atoms with Gasteiger partial charge in [0.2, 0.25) is 5.43 Å². The van der Waals surface area contributed by atoms with Gasteiger partial charge in [-0.05, 0) is 24.3 Å². The Morgan fingerprint density at radius 2 is 1.35 bits per heavy atom. The molecule has 0 bridgehead atoms. The van der Waals surface area contributed by atoms with Gasteiger partial charge in [0.05, 0.1) is 16.4 Å². The molecule has 4 heteroatoms. The van der Waals surface area contributed by atoms with Crippen LogP contribution in [0.15, 0.2) is 88.5 Å². The van der Waals surface area contributed by atoms with E-state index in [1.165, 1.54) is 0 Å². The van der Waals surface area contributed by atoms with Crippen LogP contribution in [0.5, 0.6) is 0 Å². The van der Waals surface area contributed by atoms with Crippen molar-refractivity contribution in [1.82, 2.24) is 9.55 Å². The lowest BCUT2D eigenvalue weighted by molar-refractivity contribution is 1.04. The summed E-state index contributed by atoms with van der Waals surface area (Å²) in [5.41, 5.74) is 1.69. The average molecular weight is 338 g/mol. The van der Waals surface area contributed by atoms with Gasteiger partial charge in [0, 0.05) is 16.5 Å². The molecule has 1 aliphatic heterocycles. The standard InChI is InChI=1S/C22H14N2O2/c25-21-16-11-5-4-10-15(16)20-19(21)22(26)24(14-8-2-1-3-9-14)18-13-7-6-12-17(18)23-20/h1-13,23H. The summed E-state index contributed by atoms with van der Waals surface area (Å²) < 4.78 is 1.61. The van der Waals surface area contributed by atoms with E-state index in [4.69, 9.17) is 0 Å². The third-order valence-corrected chi connectivity index (χ3v) is 4.75. The quantitative estimate of drug-likeness (QED) is 0.508. The number of para-hydroxylation sites is 3. The molecule has 5 rings (SSSR count). The first-order valence-corrected chi connectivity index (χ1v) is 8.39. The second-order valence-electron chi connectivity index (χ2n) is 6.24. The van der Waals surface area contributed by atoms with Crippen molar-refractivity contribution in [3.05, 3.63) is 110 Å². The van der Waals surface area contributed by atoms with Crippen molar-refractivity contribution >= 4 is 21.8 Å². The van der Waals surface area contributed by atoms with Gasteiger partial charge < -0.3 is 4.98 Å². The van der Waals surface area contributed by atoms with E-state index in [2.05, 4.69) is 4.98 Å². The summed E-state index contributed by atoms with van der Waals surface area (Å²) in [6.07, 6.45) is 0. The van der Waals surface area contributed by atoms with Crippen LogP contribution in [-0.2, 0) is 0 Å². The first-order chi connectivity index (χ1) is 12.8. The van der Waals surface area contributed by atoms with Gasteiger partial charge in [-0.2, -0.15) is 0 Å². The number of H-pyrrole nitrogens is 1. The van der Waals surface area contributed by atoms with Gasteiger partial charge in [0.15, 0.2) is 0 Å². The van der Waals surface area contributed by atoms with Gasteiger partial charge >= 0.3 is 0 Å². The van der Waals surface area contributed by atoms with Crippen molar-refractivity contribution in [2.75, 3.05) is 0 Å². The van der Waals surface area contributed by atoms with E-state index in [1.54, 1.807) is 10.6 Å². The maximum absolute atomic E-state index is 13.5. The third-order valence-electron chi connectivity index (χ3n) is 4.75. The molecule has 0 radical (unpaired) electrons. The zero-order valence-corrected chi connectivity index (χ0v) is 13.8. The molecule has 124 valence electrons. The van der Waals surface area contributed by atoms with Gasteiger partial charge in [0.1, 0.15) is 5.22 Å². The number of nitrogens with zero attached hydrogens (tertiary/aromatic N) is 1. The number of fused-ring (bicyclic) bond motifs is 3. The van der Waals surface area contributed by atoms with Gasteiger partial charge in [-0.25, -0.2) is 0 Å². The van der Waals surface area contributed by atoms with Crippen LogP contribution >= 0.6 is 0 Å². The molecule has 1 aliphatic carbocycles. The Kier molecular flexibility index (Phi) is 3.06. The van der Waals surface area contributed by atoms with Crippen molar-refractivity contribution in [3.8, 4) is 5.69 Å². The molecule has 4 nitrogen and oxygen atoms in total. The summed E-state index contributed by atoms with van der Waals surface area (Å²) in [6.45, 7) is 0. The van der Waals surface area contributed by atoms with Crippen LogP contribution < -0.4 is 11.0 Å². The Hall–Kier alpha value is -3.66. The number of rotatable bonds is 1. The molecule has 1 heterocycles. The summed E-state index contributed by atoms with van der Waals surface area (Å²) in [7, 11) is 0. The number of aromatic amines is 1. The molecule has 0 unspecified atom stereocenters. The molecule has 0 atom stereocenters. The van der Waals surface area contributed by atoms with Crippen LogP contribution in [0.4, 0.5) is 0 Å². The Morgan fingerprint density at radius 1 is 0.692 bits per heavy atom. The topological polar surface area (TPSA) is 54.9 Å². The highest BCUT2D eigenvalue weighted by atomic mass is 16.1. The maximum Gasteiger partial charge on any atom is 0.269 e. The van der Waals surface area contributed by atoms with Crippen LogP contribution in [0, 0.1) is 10.6 Å². The van der Waals surface area contributed by atoms with Crippen molar-refractivity contribution in [3.63, 3.8) is 0 Å². The van der Waals surface area contributed by atoms with Crippen molar-refractivity contribution in [2.45, 2.75) is 0 Å². The molecule has 2 aliphatic rings. The minimum atomic E-state index is -0.315. The fraction of sp³-hybridized carbons (Fsp3) is 0. The normalized spacial score (nSPS) is 11.4. The minimum absolute atomic E-state index is 0.186. The molecule has 3 aromatic rings. The van der Waals surface area contributed by atoms with E-state index >= 15 is 0 Å². The lowest BCUT2D eigenvalue weighted by atomic mass is 10.2. The van der Waals surface area contributed by atoms with E-state index in [1.807, 2.05) is 72.8 Å². The molecule has 0 spiro atoms. The second kappa shape index (κ2) is 5.43. The SMILES string of the molecule is O=c1c2c(=O)n(-c3ccccc3)c3ccccc3[nH]c=2c2ccccc12. The molecular weight excluding hydrogens is 324 g/mol. The van der Waals surface area contributed by atoms with Gasteiger partial charge in [-0.3, -0.25) is 14.2 Å². The zero-order valence-electron chi connectivity index (χ0n) is 13.8. The number of hydrogen-bond donors (Lipinski definition) is 1. The fourth-order valence-corrected chi connectivity index (χ4v) is 3.58. The molecule has 0 saturated heterocycles. The predicted molar refractivity (Wildman–Crippen MR) is 103 cm³/mol. The van der Waals surface area contributed by atoms with Gasteiger partial charge in [0.25, 0.3) is 5.56 Å². The fourth-order valence-electron chi connectivity index (χ4n) is 3.58. The molecule has 0 saturated carbocycles. The van der Waals surface area contributed by atoms with Crippen LogP contribution in [0.1, 0.15) is 0 Å². The van der Waals surface area contributed by atoms with Gasteiger partial charge in [-0.15, -0.1) is 0 Å². The van der Waals surface area contributed by atoms with Crippen molar-refractivity contribution in [2.24, 2.45) is 0 Å². The van der Waals surface area contributed by atoms with Crippen LogP contribution in [-0.4, -0.2) is 9.55 Å². The first-order valence-electron chi connectivity index (χ1n) is 8.39. The maximum atomic E-state index is 13.5. The Labute approximate surface area is 147 Å². The Bertz CT molecular complexity index is 1460. The van der Waals surface area contributed by atoms with E-state index < -0.39 is 0 Å². The number of benzene rings is 3. The Balaban J connectivity index is 2.18. The molecule has 26 heavy (non-hydrogen) atoms. The zero-order chi connectivity index (χ0) is 17.7. The molecule has 0 aromatic heterocycles. The number of nitrogens with one attached hydrogen (secondary N) is 1. The van der Waals surface area contributed by atoms with Crippen LogP contribution in [0.25, 0.3) is 27.5 Å². The lowest BCUT2D eigenvalue weighted by Crippen LogP contribution is -2.21. The van der Waals surface area contributed by atoms with Crippen molar-refractivity contribution < 1.29 is 0 Å². The van der Waals surface area contributed by atoms with Gasteiger partial charge in [-0.1, -0.05) is 54.6 Å². The van der Waals surface area contributed by atoms with Crippen LogP contribution in [0.2, 0.25) is 0 Å². The summed E-state index contributed by atoms with van der Waals surface area (Å²) >= 11 is 0. The third kappa shape index (κ3) is 1.96. The van der Waals surface area contributed by atoms with Crippen LogP contribution in [0.3, 0.4) is 0 Å². The van der Waals surface area contributed by atoms with E-state index in [9.17, 15) is 9.59 Å². The first kappa shape index (κ1) is 14.7. The number of aromatic nitrogens is 2. The highest BCUT2D eigenvalue weighted by Gasteiger charge is 2.13. The molecular formula is C22H14N2O2. The highest BCUT2D eigenvalue weighted by molar-refractivity contribution is 5.85. The van der Waals surface area contributed by atoms with E-state index in [-0.39, 0.29) is 16.2 Å². The minimum Gasteiger partial charge on any atom is -0.353 e. The van der Waals surface area contributed by atoms with E-state index in [0.29, 0.717) is 10.7 Å². The summed E-state index contributed by atoms with van der Waals surface area (Å²) in [5.74, 6) is 0. The average Bonchev–Trinajstić information content (AvgIpc) is 2.88. The molecule has 3 aromatic carbocycles. The lowest BCUT2D eigenvalue weighted by Gasteiger charge is -2.06. The summed E-state index contributed by atoms with van der Waals surface area (Å²) in [6, 6.07) is 24.3. The largest absolute Gasteiger partial charge is 0.353 e. The number of hydrogen-bond acceptors (Lipinski definition) is 2. The molecule has 0 amide bonds. The van der Waals surface area contributed by atoms with E-state index in [0.717, 1.165) is 22.1 Å². The molecule has 1 N–H and O–H groups in total. The summed E-state index contributed by atoms with van der Waals surface area (Å²) in [5, 5.41) is 2.10.